The number of fused-ring (bicyclic) bond motifs is 2. The van der Waals surface area contributed by atoms with Crippen molar-refractivity contribution in [1.29, 1.82) is 0 Å². The van der Waals surface area contributed by atoms with Crippen molar-refractivity contribution >= 4 is 55.4 Å². The fourth-order valence-corrected chi connectivity index (χ4v) is 3.98. The van der Waals surface area contributed by atoms with E-state index in [1.54, 1.807) is 42.5 Å². The lowest BCUT2D eigenvalue weighted by molar-refractivity contribution is -0.148. The molecule has 2 heterocycles. The maximum atomic E-state index is 12.9. The maximum absolute atomic E-state index is 12.9. The number of hydrogen-bond acceptors (Lipinski definition) is 9. The molecule has 0 fully saturated rings. The standard InChI is InChI=1S/C22H18N4O5S/c1-3-31-12-8-9-15-17(10-12)32-22(25-15)26-20(28)19(27)18(21(29)30-2)16-11-23-13-6-4-5-7-14(13)24-16/h4-11,18H,3H2,1-2H3,(H,25,26,28)/t18-/m0/s1. The lowest BCUT2D eigenvalue weighted by Crippen LogP contribution is -2.33. The van der Waals surface area contributed by atoms with E-state index in [1.807, 2.05) is 6.92 Å². The number of nitrogens with one attached hydrogen (secondary N) is 1. The molecule has 10 heteroatoms. The average Bonchev–Trinajstić information content (AvgIpc) is 3.20. The van der Waals surface area contributed by atoms with Crippen LogP contribution < -0.4 is 10.1 Å². The Morgan fingerprint density at radius 3 is 2.59 bits per heavy atom. The molecule has 4 aromatic rings. The normalized spacial score (nSPS) is 11.8. The van der Waals surface area contributed by atoms with Gasteiger partial charge < -0.3 is 9.47 Å². The molecule has 1 atom stereocenters. The summed E-state index contributed by atoms with van der Waals surface area (Å²) in [5, 5.41) is 2.69. The van der Waals surface area contributed by atoms with Crippen LogP contribution in [0.1, 0.15) is 18.5 Å². The van der Waals surface area contributed by atoms with Crippen molar-refractivity contribution in [3.8, 4) is 5.75 Å². The van der Waals surface area contributed by atoms with E-state index in [4.69, 9.17) is 9.47 Å². The van der Waals surface area contributed by atoms with Gasteiger partial charge in [-0.25, -0.2) is 9.97 Å². The summed E-state index contributed by atoms with van der Waals surface area (Å²) in [6.07, 6.45) is 1.29. The number of methoxy groups -OCH3 is 1. The van der Waals surface area contributed by atoms with Crippen LogP contribution in [0.3, 0.4) is 0 Å². The molecular formula is C22H18N4O5S. The number of amides is 1. The number of Topliss-reactive ketones (excluding diaryl/α,β-unsaturated/α-hetero) is 1. The zero-order valence-electron chi connectivity index (χ0n) is 17.2. The summed E-state index contributed by atoms with van der Waals surface area (Å²) < 4.78 is 11.0. The lowest BCUT2D eigenvalue weighted by atomic mass is 9.99. The summed E-state index contributed by atoms with van der Waals surface area (Å²) in [6, 6.07) is 12.3. The monoisotopic (exact) mass is 450 g/mol. The number of anilines is 1. The Hall–Kier alpha value is -3.92. The van der Waals surface area contributed by atoms with Gasteiger partial charge in [0.05, 0.1) is 46.9 Å². The number of benzene rings is 2. The van der Waals surface area contributed by atoms with Gasteiger partial charge in [0.15, 0.2) is 11.0 Å². The minimum Gasteiger partial charge on any atom is -0.494 e. The van der Waals surface area contributed by atoms with Gasteiger partial charge in [0.25, 0.3) is 5.91 Å². The van der Waals surface area contributed by atoms with Crippen molar-refractivity contribution in [2.75, 3.05) is 19.0 Å². The molecule has 4 rings (SSSR count). The number of aromatic nitrogens is 3. The largest absolute Gasteiger partial charge is 0.494 e. The molecule has 0 saturated carbocycles. The molecule has 162 valence electrons. The predicted molar refractivity (Wildman–Crippen MR) is 119 cm³/mol. The van der Waals surface area contributed by atoms with Gasteiger partial charge in [-0.05, 0) is 37.3 Å². The molecule has 2 aromatic heterocycles. The van der Waals surface area contributed by atoms with E-state index in [0.29, 0.717) is 28.9 Å². The van der Waals surface area contributed by atoms with Gasteiger partial charge in [-0.2, -0.15) is 0 Å². The Kier molecular flexibility index (Phi) is 6.04. The van der Waals surface area contributed by atoms with Crippen molar-refractivity contribution in [3.05, 3.63) is 54.4 Å². The number of esters is 1. The Labute approximate surface area is 186 Å². The van der Waals surface area contributed by atoms with Crippen molar-refractivity contribution in [1.82, 2.24) is 15.0 Å². The highest BCUT2D eigenvalue weighted by molar-refractivity contribution is 7.22. The first-order valence-corrected chi connectivity index (χ1v) is 10.5. The highest BCUT2D eigenvalue weighted by Gasteiger charge is 2.36. The average molecular weight is 450 g/mol. The fourth-order valence-electron chi connectivity index (χ4n) is 3.10. The molecule has 2 aromatic carbocycles. The van der Waals surface area contributed by atoms with Crippen LogP contribution in [0.4, 0.5) is 5.13 Å². The van der Waals surface area contributed by atoms with Crippen molar-refractivity contribution in [3.63, 3.8) is 0 Å². The molecule has 0 spiro atoms. The van der Waals surface area contributed by atoms with E-state index in [1.165, 1.54) is 17.5 Å². The Morgan fingerprint density at radius 2 is 1.84 bits per heavy atom. The third-order valence-electron chi connectivity index (χ3n) is 4.58. The van der Waals surface area contributed by atoms with Crippen LogP contribution in [0.5, 0.6) is 5.75 Å². The number of para-hydroxylation sites is 2. The van der Waals surface area contributed by atoms with Crippen LogP contribution in [-0.4, -0.2) is 46.3 Å². The molecule has 0 aliphatic heterocycles. The Morgan fingerprint density at radius 1 is 1.06 bits per heavy atom. The minimum absolute atomic E-state index is 0.0290. The number of rotatable bonds is 7. The van der Waals surface area contributed by atoms with Crippen LogP contribution in [0.2, 0.25) is 0 Å². The molecule has 0 aliphatic rings. The number of ether oxygens (including phenoxy) is 2. The van der Waals surface area contributed by atoms with Gasteiger partial charge in [0.1, 0.15) is 5.75 Å². The molecule has 0 bridgehead atoms. The lowest BCUT2D eigenvalue weighted by Gasteiger charge is -2.12. The minimum atomic E-state index is -1.55. The molecule has 0 unspecified atom stereocenters. The SMILES string of the molecule is CCOc1ccc2nc(NC(=O)C(=O)[C@@H](C(=O)OC)c3cnc4ccccc4n3)sc2c1. The zero-order valence-corrected chi connectivity index (χ0v) is 18.0. The van der Waals surface area contributed by atoms with E-state index in [9.17, 15) is 14.4 Å². The van der Waals surface area contributed by atoms with Gasteiger partial charge in [-0.15, -0.1) is 0 Å². The highest BCUT2D eigenvalue weighted by Crippen LogP contribution is 2.29. The molecular weight excluding hydrogens is 432 g/mol. The number of carbonyl (C=O) groups is 3. The van der Waals surface area contributed by atoms with Crippen LogP contribution in [-0.2, 0) is 19.1 Å². The smallest absolute Gasteiger partial charge is 0.323 e. The number of carbonyl (C=O) groups excluding carboxylic acids is 3. The first kappa shape index (κ1) is 21.3. The zero-order chi connectivity index (χ0) is 22.7. The molecule has 0 aliphatic carbocycles. The molecule has 9 nitrogen and oxygen atoms in total. The van der Waals surface area contributed by atoms with E-state index < -0.39 is 23.6 Å². The second kappa shape index (κ2) is 9.06. The molecule has 0 radical (unpaired) electrons. The van der Waals surface area contributed by atoms with E-state index in [-0.39, 0.29) is 10.8 Å². The number of hydrogen-bond donors (Lipinski definition) is 1. The van der Waals surface area contributed by atoms with E-state index >= 15 is 0 Å². The van der Waals surface area contributed by atoms with Gasteiger partial charge in [-0.3, -0.25) is 24.7 Å². The first-order valence-electron chi connectivity index (χ1n) is 9.68. The van der Waals surface area contributed by atoms with Crippen LogP contribution in [0.15, 0.2) is 48.7 Å². The van der Waals surface area contributed by atoms with Crippen molar-refractivity contribution < 1.29 is 23.9 Å². The molecule has 32 heavy (non-hydrogen) atoms. The molecule has 0 saturated heterocycles. The summed E-state index contributed by atoms with van der Waals surface area (Å²) in [5.41, 5.74) is 1.76. The summed E-state index contributed by atoms with van der Waals surface area (Å²) in [6.45, 7) is 2.40. The number of nitrogens with zero attached hydrogens (tertiary/aromatic N) is 3. The molecule has 1 N–H and O–H groups in total. The summed E-state index contributed by atoms with van der Waals surface area (Å²) in [4.78, 5) is 50.8. The van der Waals surface area contributed by atoms with Crippen LogP contribution in [0, 0.1) is 0 Å². The third kappa shape index (κ3) is 4.26. The van der Waals surface area contributed by atoms with Crippen LogP contribution in [0.25, 0.3) is 21.3 Å². The molecule has 1 amide bonds. The van der Waals surface area contributed by atoms with E-state index in [0.717, 1.165) is 11.8 Å². The first-order chi connectivity index (χ1) is 15.5. The van der Waals surface area contributed by atoms with Gasteiger partial charge in [-0.1, -0.05) is 23.5 Å². The third-order valence-corrected chi connectivity index (χ3v) is 5.51. The number of thiazole rings is 1. The summed E-state index contributed by atoms with van der Waals surface area (Å²) in [5.74, 6) is -3.79. The van der Waals surface area contributed by atoms with Gasteiger partial charge in [0.2, 0.25) is 5.78 Å². The van der Waals surface area contributed by atoms with E-state index in [2.05, 4.69) is 20.3 Å². The quantitative estimate of drug-likeness (QED) is 0.259. The summed E-state index contributed by atoms with van der Waals surface area (Å²) in [7, 11) is 1.14. The van der Waals surface area contributed by atoms with Gasteiger partial charge in [0, 0.05) is 0 Å². The second-order valence-corrected chi connectivity index (χ2v) is 7.67. The maximum Gasteiger partial charge on any atom is 0.323 e. The second-order valence-electron chi connectivity index (χ2n) is 6.64. The highest BCUT2D eigenvalue weighted by atomic mass is 32.1. The predicted octanol–water partition coefficient (Wildman–Crippen LogP) is 3.10. The van der Waals surface area contributed by atoms with Crippen molar-refractivity contribution in [2.45, 2.75) is 12.8 Å². The van der Waals surface area contributed by atoms with Crippen LogP contribution >= 0.6 is 11.3 Å². The van der Waals surface area contributed by atoms with Crippen molar-refractivity contribution in [2.24, 2.45) is 0 Å². The summed E-state index contributed by atoms with van der Waals surface area (Å²) >= 11 is 1.19. The Balaban J connectivity index is 1.60. The Bertz CT molecular complexity index is 1340. The number of ketones is 1. The fraction of sp³-hybridized carbons (Fsp3) is 0.182. The topological polar surface area (TPSA) is 120 Å². The van der Waals surface area contributed by atoms with Gasteiger partial charge >= 0.3 is 5.97 Å².